The molecule has 2 saturated carbocycles. The molecule has 0 radical (unpaired) electrons. The molecule has 9 heteroatoms. The van der Waals surface area contributed by atoms with Gasteiger partial charge in [-0.25, -0.2) is 4.98 Å². The summed E-state index contributed by atoms with van der Waals surface area (Å²) in [5, 5.41) is 0.475. The van der Waals surface area contributed by atoms with Crippen molar-refractivity contribution in [2.24, 2.45) is 39.9 Å². The molecule has 6 N–H and O–H groups in total. The van der Waals surface area contributed by atoms with E-state index >= 15 is 0 Å². The van der Waals surface area contributed by atoms with Crippen molar-refractivity contribution in [1.29, 1.82) is 0 Å². The number of hydrogen-bond donors (Lipinski definition) is 3. The number of carbonyl (C=O) groups is 3. The van der Waals surface area contributed by atoms with E-state index in [2.05, 4.69) is 20.9 Å². The number of amides is 3. The lowest BCUT2D eigenvalue weighted by molar-refractivity contribution is -0.144. The fraction of sp³-hybridized carbons (Fsp3) is 0.529. The zero-order valence-electron chi connectivity index (χ0n) is 13.9. The first kappa shape index (κ1) is 17.7. The van der Waals surface area contributed by atoms with Crippen molar-refractivity contribution < 1.29 is 14.4 Å². The van der Waals surface area contributed by atoms with Crippen LogP contribution < -0.4 is 17.2 Å². The molecule has 1 heterocycles. The first-order valence-electron chi connectivity index (χ1n) is 8.42. The first-order chi connectivity index (χ1) is 12.2. The highest BCUT2D eigenvalue weighted by molar-refractivity contribution is 9.11. The maximum absolute atomic E-state index is 13.0. The maximum atomic E-state index is 13.0. The number of nitrogens with zero attached hydrogens (tertiary/aromatic N) is 1. The molecule has 4 atom stereocenters. The van der Waals surface area contributed by atoms with Gasteiger partial charge >= 0.3 is 0 Å². The Kier molecular flexibility index (Phi) is 3.66. The summed E-state index contributed by atoms with van der Waals surface area (Å²) < 4.78 is 0.734. The number of hydrogen-bond acceptors (Lipinski definition) is 5. The van der Waals surface area contributed by atoms with Gasteiger partial charge in [-0.2, -0.15) is 0 Å². The lowest BCUT2D eigenvalue weighted by atomic mass is 9.55. The molecule has 1 aromatic heterocycles. The topological polar surface area (TPSA) is 142 Å². The lowest BCUT2D eigenvalue weighted by Gasteiger charge is -2.46. The van der Waals surface area contributed by atoms with Crippen molar-refractivity contribution in [1.82, 2.24) is 4.98 Å². The molecule has 0 unspecified atom stereocenters. The van der Waals surface area contributed by atoms with E-state index in [1.54, 1.807) is 6.20 Å². The normalized spacial score (nSPS) is 35.7. The van der Waals surface area contributed by atoms with Crippen molar-refractivity contribution in [3.63, 3.8) is 0 Å². The summed E-state index contributed by atoms with van der Waals surface area (Å²) in [4.78, 5) is 41.9. The smallest absolute Gasteiger partial charge is 0.232 e. The predicted octanol–water partition coefficient (Wildman–Crippen LogP) is 0.962. The second kappa shape index (κ2) is 5.39. The summed E-state index contributed by atoms with van der Waals surface area (Å²) in [7, 11) is 0. The molecule has 4 rings (SSSR count). The molecule has 0 aliphatic heterocycles. The van der Waals surface area contributed by atoms with Gasteiger partial charge in [-0.3, -0.25) is 14.4 Å². The van der Waals surface area contributed by atoms with Gasteiger partial charge in [0.05, 0.1) is 15.4 Å². The molecule has 138 valence electrons. The molecular formula is C17H19BrN4O3S. The molecule has 0 saturated heterocycles. The minimum atomic E-state index is -1.36. The van der Waals surface area contributed by atoms with Crippen molar-refractivity contribution in [2.45, 2.75) is 31.1 Å². The average Bonchev–Trinajstić information content (AvgIpc) is 3.03. The monoisotopic (exact) mass is 438 g/mol. The third-order valence-electron chi connectivity index (χ3n) is 6.67. The average molecular weight is 439 g/mol. The number of thiazole rings is 1. The summed E-state index contributed by atoms with van der Waals surface area (Å²) in [6.45, 7) is 0. The third-order valence-corrected chi connectivity index (χ3v) is 8.28. The van der Waals surface area contributed by atoms with Crippen LogP contribution in [0, 0.1) is 22.7 Å². The Bertz CT molecular complexity index is 864. The number of nitrogens with two attached hydrogens (primary N) is 3. The van der Waals surface area contributed by atoms with Crippen LogP contribution in [-0.4, -0.2) is 22.7 Å². The van der Waals surface area contributed by atoms with Crippen molar-refractivity contribution in [3.05, 3.63) is 27.1 Å². The van der Waals surface area contributed by atoms with E-state index in [-0.39, 0.29) is 30.1 Å². The minimum absolute atomic E-state index is 0.0440. The SMILES string of the molecule is NC(=O)CC[C@@]1(C(N)=O)[C@@H]2C=C[C@@H](C23CC3)[C@@]1(C(N)=O)c1ncc(Br)s1. The van der Waals surface area contributed by atoms with Crippen molar-refractivity contribution in [3.8, 4) is 0 Å². The molecule has 3 amide bonds. The molecule has 3 aliphatic rings. The number of aromatic nitrogens is 1. The molecule has 0 aromatic carbocycles. The van der Waals surface area contributed by atoms with Crippen molar-refractivity contribution >= 4 is 45.0 Å². The van der Waals surface area contributed by atoms with Gasteiger partial charge in [0.15, 0.2) is 0 Å². The Labute approximate surface area is 162 Å². The van der Waals surface area contributed by atoms with Gasteiger partial charge < -0.3 is 17.2 Å². The van der Waals surface area contributed by atoms with Crippen LogP contribution in [0.25, 0.3) is 0 Å². The molecule has 2 bridgehead atoms. The molecule has 1 spiro atoms. The van der Waals surface area contributed by atoms with Gasteiger partial charge in [0.25, 0.3) is 0 Å². The quantitative estimate of drug-likeness (QED) is 0.568. The highest BCUT2D eigenvalue weighted by Gasteiger charge is 2.83. The van der Waals surface area contributed by atoms with E-state index in [4.69, 9.17) is 17.2 Å². The van der Waals surface area contributed by atoms with Crippen LogP contribution in [0.2, 0.25) is 0 Å². The maximum Gasteiger partial charge on any atom is 0.232 e. The number of carbonyl (C=O) groups excluding carboxylic acids is 3. The van der Waals surface area contributed by atoms with Gasteiger partial charge in [-0.05, 0) is 46.5 Å². The summed E-state index contributed by atoms with van der Waals surface area (Å²) >= 11 is 4.66. The van der Waals surface area contributed by atoms with E-state index in [1.165, 1.54) is 11.3 Å². The number of halogens is 1. The highest BCUT2D eigenvalue weighted by atomic mass is 79.9. The van der Waals surface area contributed by atoms with Gasteiger partial charge in [0.1, 0.15) is 10.4 Å². The van der Waals surface area contributed by atoms with Gasteiger partial charge in [-0.15, -0.1) is 11.3 Å². The molecule has 3 aliphatic carbocycles. The molecule has 2 fully saturated rings. The fourth-order valence-corrected chi connectivity index (χ4v) is 7.23. The van der Waals surface area contributed by atoms with Crippen LogP contribution in [0.15, 0.2) is 22.1 Å². The zero-order valence-corrected chi connectivity index (χ0v) is 16.3. The van der Waals surface area contributed by atoms with Gasteiger partial charge in [-0.1, -0.05) is 12.2 Å². The molecule has 1 aromatic rings. The second-order valence-corrected chi connectivity index (χ2v) is 9.93. The Morgan fingerprint density at radius 3 is 2.27 bits per heavy atom. The lowest BCUT2D eigenvalue weighted by Crippen LogP contribution is -2.62. The summed E-state index contributed by atoms with van der Waals surface area (Å²) in [6, 6.07) is 0. The summed E-state index contributed by atoms with van der Waals surface area (Å²) in [5.41, 5.74) is 14.4. The van der Waals surface area contributed by atoms with Gasteiger partial charge in [0.2, 0.25) is 17.7 Å². The van der Waals surface area contributed by atoms with E-state index in [0.29, 0.717) is 5.01 Å². The van der Waals surface area contributed by atoms with E-state index in [0.717, 1.165) is 16.6 Å². The standard InChI is InChI=1S/C17H19BrN4O3S/c18-10-7-22-14(26-10)17(13(21)25)9-2-1-8(15(9)5-6-15)16(17,12(20)24)4-3-11(19)23/h1-2,7-9H,3-6H2,(H2,19,23)(H2,20,24)(H2,21,25)/t8-,9+,16+,17-/m1/s1. The van der Waals surface area contributed by atoms with Crippen LogP contribution in [0.4, 0.5) is 0 Å². The fourth-order valence-electron chi connectivity index (χ4n) is 5.70. The van der Waals surface area contributed by atoms with Crippen LogP contribution in [0.3, 0.4) is 0 Å². The molecule has 7 nitrogen and oxygen atoms in total. The minimum Gasteiger partial charge on any atom is -0.370 e. The zero-order chi connectivity index (χ0) is 18.9. The van der Waals surface area contributed by atoms with Crippen LogP contribution in [-0.2, 0) is 19.8 Å². The van der Waals surface area contributed by atoms with Crippen molar-refractivity contribution in [2.75, 3.05) is 0 Å². The molecular weight excluding hydrogens is 420 g/mol. The van der Waals surface area contributed by atoms with E-state index < -0.39 is 28.6 Å². The number of rotatable bonds is 6. The number of primary amides is 3. The van der Waals surface area contributed by atoms with E-state index in [9.17, 15) is 14.4 Å². The highest BCUT2D eigenvalue weighted by Crippen LogP contribution is 2.80. The van der Waals surface area contributed by atoms with Crippen LogP contribution >= 0.6 is 27.3 Å². The Balaban J connectivity index is 2.02. The molecule has 26 heavy (non-hydrogen) atoms. The largest absolute Gasteiger partial charge is 0.370 e. The van der Waals surface area contributed by atoms with Gasteiger partial charge in [0, 0.05) is 12.3 Å². The second-order valence-electron chi connectivity index (χ2n) is 7.52. The Morgan fingerprint density at radius 2 is 1.81 bits per heavy atom. The van der Waals surface area contributed by atoms with E-state index in [1.807, 2.05) is 12.2 Å². The Hall–Kier alpha value is -1.74. The third kappa shape index (κ3) is 1.82. The first-order valence-corrected chi connectivity index (χ1v) is 10.0. The predicted molar refractivity (Wildman–Crippen MR) is 98.5 cm³/mol. The Morgan fingerprint density at radius 1 is 1.15 bits per heavy atom. The summed E-state index contributed by atoms with van der Waals surface area (Å²) in [6.07, 6.45) is 7.39. The number of allylic oxidation sites excluding steroid dienone is 2. The van der Waals surface area contributed by atoms with Crippen LogP contribution in [0.5, 0.6) is 0 Å². The summed E-state index contributed by atoms with van der Waals surface area (Å²) in [5.74, 6) is -2.28. The van der Waals surface area contributed by atoms with Crippen LogP contribution in [0.1, 0.15) is 30.7 Å².